The number of hydrogen-bond acceptors (Lipinski definition) is 8. The third kappa shape index (κ3) is 6.36. The Bertz CT molecular complexity index is 1260. The van der Waals surface area contributed by atoms with Gasteiger partial charge in [0, 0.05) is 39.7 Å². The number of H-pyrrole nitrogens is 1. The maximum absolute atomic E-state index is 13.7. The van der Waals surface area contributed by atoms with E-state index < -0.39 is 23.1 Å². The minimum atomic E-state index is -0.751. The Hall–Kier alpha value is -3.80. The molecule has 2 amide bonds. The Morgan fingerprint density at radius 2 is 1.87 bits per heavy atom. The summed E-state index contributed by atoms with van der Waals surface area (Å²) in [6, 6.07) is 5.57. The van der Waals surface area contributed by atoms with E-state index in [1.807, 2.05) is 25.1 Å². The second kappa shape index (κ2) is 13.1. The molecule has 0 unspecified atom stereocenters. The van der Waals surface area contributed by atoms with E-state index in [1.54, 1.807) is 19.1 Å². The van der Waals surface area contributed by atoms with Crippen LogP contribution in [0.5, 0.6) is 11.5 Å². The van der Waals surface area contributed by atoms with Gasteiger partial charge in [0.05, 0.1) is 26.7 Å². The molecule has 38 heavy (non-hydrogen) atoms. The monoisotopic (exact) mass is 531 g/mol. The van der Waals surface area contributed by atoms with Crippen LogP contribution in [0.25, 0.3) is 0 Å². The summed E-state index contributed by atoms with van der Waals surface area (Å²) < 4.78 is 17.0. The molecule has 0 radical (unpaired) electrons. The molecule has 1 aliphatic heterocycles. The van der Waals surface area contributed by atoms with Gasteiger partial charge in [0.25, 0.3) is 5.56 Å². The second-order valence-electron chi connectivity index (χ2n) is 9.16. The molecule has 0 spiro atoms. The molecule has 12 nitrogen and oxygen atoms in total. The zero-order chi connectivity index (χ0) is 27.8. The van der Waals surface area contributed by atoms with Crippen LogP contribution in [0.4, 0.5) is 11.5 Å². The fourth-order valence-corrected chi connectivity index (χ4v) is 4.57. The summed E-state index contributed by atoms with van der Waals surface area (Å²) in [6.45, 7) is 3.09. The summed E-state index contributed by atoms with van der Waals surface area (Å²) in [6.07, 6.45) is 2.07. The molecule has 3 rings (SSSR count). The molecular weight excluding hydrogens is 494 g/mol. The molecule has 2 heterocycles. The Labute approximate surface area is 221 Å². The number of carbonyl (C=O) groups is 2. The molecule has 0 aliphatic carbocycles. The quantitative estimate of drug-likeness (QED) is 0.389. The third-order valence-corrected chi connectivity index (χ3v) is 6.69. The first kappa shape index (κ1) is 28.8. The average Bonchev–Trinajstić information content (AvgIpc) is 3.28. The number of nitrogens with zero attached hydrogens (tertiary/aromatic N) is 3. The number of aromatic nitrogens is 2. The molecule has 12 heteroatoms. The van der Waals surface area contributed by atoms with Crippen molar-refractivity contribution in [3.8, 4) is 11.5 Å². The standard InChI is InChI=1S/C26H37N5O7/c1-5-6-10-31-23(27)22(24(33)28-26(31)35)30(12-13-36-2)25(34)18-15-21(32)29(16-18)11-9-17-7-8-19(37-3)20(14-17)38-4/h7-8,14,18H,5-6,9-13,15-16,27H2,1-4H3,(H,28,33,35)/t18-/m0/s1. The molecule has 1 aromatic carbocycles. The molecule has 1 aromatic heterocycles. The van der Waals surface area contributed by atoms with Crippen LogP contribution in [0.2, 0.25) is 0 Å². The van der Waals surface area contributed by atoms with Gasteiger partial charge in [-0.25, -0.2) is 4.79 Å². The van der Waals surface area contributed by atoms with E-state index >= 15 is 0 Å². The van der Waals surface area contributed by atoms with Crippen LogP contribution in [0.15, 0.2) is 27.8 Å². The van der Waals surface area contributed by atoms with Crippen molar-refractivity contribution < 1.29 is 23.8 Å². The minimum absolute atomic E-state index is 0.0154. The van der Waals surface area contributed by atoms with E-state index in [9.17, 15) is 19.2 Å². The van der Waals surface area contributed by atoms with Crippen LogP contribution in [-0.4, -0.2) is 73.8 Å². The number of nitrogen functional groups attached to an aromatic ring is 1. The van der Waals surface area contributed by atoms with Crippen LogP contribution < -0.4 is 31.4 Å². The fourth-order valence-electron chi connectivity index (χ4n) is 4.57. The Balaban J connectivity index is 1.80. The fraction of sp³-hybridized carbons (Fsp3) is 0.538. The van der Waals surface area contributed by atoms with Crippen molar-refractivity contribution >= 4 is 23.3 Å². The first-order valence-corrected chi connectivity index (χ1v) is 12.7. The number of methoxy groups -OCH3 is 3. The zero-order valence-corrected chi connectivity index (χ0v) is 22.5. The summed E-state index contributed by atoms with van der Waals surface area (Å²) in [5.41, 5.74) is 5.74. The highest BCUT2D eigenvalue weighted by Gasteiger charge is 2.38. The predicted octanol–water partition coefficient (Wildman–Crippen LogP) is 1.01. The number of rotatable bonds is 13. The molecule has 3 N–H and O–H groups in total. The predicted molar refractivity (Wildman–Crippen MR) is 143 cm³/mol. The topological polar surface area (TPSA) is 149 Å². The van der Waals surface area contributed by atoms with Gasteiger partial charge in [-0.3, -0.25) is 23.9 Å². The SMILES string of the molecule is CCCCn1c(N)c(N(CCOC)C(=O)[C@H]2CC(=O)N(CCc3ccc(OC)c(OC)c3)C2)c(=O)[nH]c1=O. The van der Waals surface area contributed by atoms with Crippen molar-refractivity contribution in [1.29, 1.82) is 0 Å². The third-order valence-electron chi connectivity index (χ3n) is 6.69. The largest absolute Gasteiger partial charge is 0.493 e. The van der Waals surface area contributed by atoms with Gasteiger partial charge in [-0.05, 0) is 30.5 Å². The summed E-state index contributed by atoms with van der Waals surface area (Å²) in [5.74, 6) is -0.0913. The smallest absolute Gasteiger partial charge is 0.330 e. The number of carbonyl (C=O) groups excluding carboxylic acids is 2. The highest BCUT2D eigenvalue weighted by molar-refractivity contribution is 6.00. The highest BCUT2D eigenvalue weighted by atomic mass is 16.5. The number of hydrogen-bond donors (Lipinski definition) is 2. The number of likely N-dealkylation sites (tertiary alicyclic amines) is 1. The van der Waals surface area contributed by atoms with Crippen LogP contribution in [-0.2, 0) is 27.3 Å². The number of nitrogens with two attached hydrogens (primary N) is 1. The van der Waals surface area contributed by atoms with Crippen LogP contribution in [0.3, 0.4) is 0 Å². The van der Waals surface area contributed by atoms with Gasteiger partial charge in [0.15, 0.2) is 17.2 Å². The van der Waals surface area contributed by atoms with Gasteiger partial charge in [0.2, 0.25) is 11.8 Å². The van der Waals surface area contributed by atoms with Crippen molar-refractivity contribution in [2.45, 2.75) is 39.2 Å². The van der Waals surface area contributed by atoms with Gasteiger partial charge in [-0.1, -0.05) is 19.4 Å². The first-order valence-electron chi connectivity index (χ1n) is 12.7. The van der Waals surface area contributed by atoms with E-state index in [2.05, 4.69) is 4.98 Å². The van der Waals surface area contributed by atoms with Crippen molar-refractivity contribution in [1.82, 2.24) is 14.5 Å². The van der Waals surface area contributed by atoms with Crippen molar-refractivity contribution in [2.24, 2.45) is 5.92 Å². The van der Waals surface area contributed by atoms with Crippen molar-refractivity contribution in [2.75, 3.05) is 58.2 Å². The number of aromatic amines is 1. The van der Waals surface area contributed by atoms with Gasteiger partial charge < -0.3 is 29.7 Å². The normalized spacial score (nSPS) is 15.1. The molecule has 1 aliphatic rings. The first-order chi connectivity index (χ1) is 18.2. The average molecular weight is 532 g/mol. The second-order valence-corrected chi connectivity index (χ2v) is 9.16. The number of ether oxygens (including phenoxy) is 3. The van der Waals surface area contributed by atoms with E-state index in [4.69, 9.17) is 19.9 Å². The molecule has 208 valence electrons. The van der Waals surface area contributed by atoms with Gasteiger partial charge >= 0.3 is 5.69 Å². The molecule has 1 fully saturated rings. The lowest BCUT2D eigenvalue weighted by molar-refractivity contribution is -0.128. The summed E-state index contributed by atoms with van der Waals surface area (Å²) in [5, 5.41) is 0. The van der Waals surface area contributed by atoms with Crippen LogP contribution in [0.1, 0.15) is 31.7 Å². The Morgan fingerprint density at radius 1 is 1.13 bits per heavy atom. The molecular formula is C26H37N5O7. The maximum Gasteiger partial charge on any atom is 0.330 e. The van der Waals surface area contributed by atoms with Crippen LogP contribution in [0, 0.1) is 5.92 Å². The van der Waals surface area contributed by atoms with Crippen molar-refractivity contribution in [3.05, 3.63) is 44.6 Å². The molecule has 1 saturated heterocycles. The number of unbranched alkanes of at least 4 members (excludes halogenated alkanes) is 1. The van der Waals surface area contributed by atoms with E-state index in [-0.39, 0.29) is 43.5 Å². The van der Waals surface area contributed by atoms with Gasteiger partial charge in [0.1, 0.15) is 5.82 Å². The van der Waals surface area contributed by atoms with Gasteiger partial charge in [-0.2, -0.15) is 0 Å². The number of benzene rings is 1. The summed E-state index contributed by atoms with van der Waals surface area (Å²) in [4.78, 5) is 56.8. The molecule has 0 bridgehead atoms. The lowest BCUT2D eigenvalue weighted by Crippen LogP contribution is -2.45. The number of nitrogens with one attached hydrogen (secondary N) is 1. The molecule has 0 saturated carbocycles. The van der Waals surface area contributed by atoms with Crippen molar-refractivity contribution in [3.63, 3.8) is 0 Å². The molecule has 2 aromatic rings. The number of amides is 2. The number of anilines is 2. The Morgan fingerprint density at radius 3 is 2.53 bits per heavy atom. The van der Waals surface area contributed by atoms with E-state index in [0.29, 0.717) is 37.4 Å². The Kier molecular flexibility index (Phi) is 9.94. The summed E-state index contributed by atoms with van der Waals surface area (Å²) >= 11 is 0. The summed E-state index contributed by atoms with van der Waals surface area (Å²) in [7, 11) is 4.60. The van der Waals surface area contributed by atoms with E-state index in [0.717, 1.165) is 12.0 Å². The van der Waals surface area contributed by atoms with Crippen LogP contribution >= 0.6 is 0 Å². The zero-order valence-electron chi connectivity index (χ0n) is 22.5. The highest BCUT2D eigenvalue weighted by Crippen LogP contribution is 2.29. The van der Waals surface area contributed by atoms with E-state index in [1.165, 1.54) is 16.6 Å². The van der Waals surface area contributed by atoms with Gasteiger partial charge in [-0.15, -0.1) is 0 Å². The lowest BCUT2D eigenvalue weighted by Gasteiger charge is -2.26. The molecule has 1 atom stereocenters. The maximum atomic E-state index is 13.7. The minimum Gasteiger partial charge on any atom is -0.493 e. The lowest BCUT2D eigenvalue weighted by atomic mass is 10.1.